The van der Waals surface area contributed by atoms with Gasteiger partial charge < -0.3 is 5.73 Å². The van der Waals surface area contributed by atoms with E-state index in [1.54, 1.807) is 0 Å². The summed E-state index contributed by atoms with van der Waals surface area (Å²) < 4.78 is 39.3. The Morgan fingerprint density at radius 2 is 1.89 bits per heavy atom. The first kappa shape index (κ1) is 15.0. The first-order chi connectivity index (χ1) is 8.82. The number of halogens is 3. The molecule has 8 heteroatoms. The van der Waals surface area contributed by atoms with Crippen LogP contribution in [-0.4, -0.2) is 31.9 Å². The summed E-state index contributed by atoms with van der Waals surface area (Å²) >= 11 is 11.6. The SMILES string of the molecule is NC1CCCN(S(=O)(=O)c2c(Cl)cc(F)cc2Cl)C1. The van der Waals surface area contributed by atoms with Gasteiger partial charge in [0, 0.05) is 19.1 Å². The molecule has 1 aromatic rings. The highest BCUT2D eigenvalue weighted by atomic mass is 35.5. The van der Waals surface area contributed by atoms with E-state index in [1.807, 2.05) is 0 Å². The van der Waals surface area contributed by atoms with Gasteiger partial charge in [-0.15, -0.1) is 0 Å². The van der Waals surface area contributed by atoms with Crippen LogP contribution in [0.5, 0.6) is 0 Å². The second kappa shape index (κ2) is 5.54. The van der Waals surface area contributed by atoms with Crippen LogP contribution >= 0.6 is 23.2 Å². The largest absolute Gasteiger partial charge is 0.327 e. The fourth-order valence-electron chi connectivity index (χ4n) is 2.10. The topological polar surface area (TPSA) is 63.4 Å². The van der Waals surface area contributed by atoms with Gasteiger partial charge in [0.05, 0.1) is 10.0 Å². The number of nitrogens with zero attached hydrogens (tertiary/aromatic N) is 1. The maximum atomic E-state index is 13.1. The minimum Gasteiger partial charge on any atom is -0.327 e. The van der Waals surface area contributed by atoms with Crippen molar-refractivity contribution in [3.63, 3.8) is 0 Å². The zero-order valence-corrected chi connectivity index (χ0v) is 12.3. The lowest BCUT2D eigenvalue weighted by Gasteiger charge is -2.30. The molecule has 1 saturated heterocycles. The number of benzene rings is 1. The first-order valence-electron chi connectivity index (χ1n) is 5.72. The fraction of sp³-hybridized carbons (Fsp3) is 0.455. The molecule has 19 heavy (non-hydrogen) atoms. The van der Waals surface area contributed by atoms with Crippen LogP contribution in [0.3, 0.4) is 0 Å². The Labute approximate surface area is 121 Å². The van der Waals surface area contributed by atoms with Crippen molar-refractivity contribution in [2.45, 2.75) is 23.8 Å². The lowest BCUT2D eigenvalue weighted by molar-refractivity contribution is 0.316. The van der Waals surface area contributed by atoms with Crippen LogP contribution in [0.1, 0.15) is 12.8 Å². The smallest absolute Gasteiger partial charge is 0.246 e. The minimum atomic E-state index is -3.85. The number of sulfonamides is 1. The second-order valence-corrected chi connectivity index (χ2v) is 7.15. The summed E-state index contributed by atoms with van der Waals surface area (Å²) in [5.41, 5.74) is 5.77. The van der Waals surface area contributed by atoms with Crippen molar-refractivity contribution >= 4 is 33.2 Å². The summed E-state index contributed by atoms with van der Waals surface area (Å²) in [6.07, 6.45) is 1.45. The van der Waals surface area contributed by atoms with Crippen LogP contribution in [0, 0.1) is 5.82 Å². The normalized spacial score (nSPS) is 21.6. The molecule has 106 valence electrons. The van der Waals surface area contributed by atoms with Gasteiger partial charge >= 0.3 is 0 Å². The molecule has 1 aromatic carbocycles. The van der Waals surface area contributed by atoms with E-state index in [4.69, 9.17) is 28.9 Å². The molecule has 1 heterocycles. The minimum absolute atomic E-state index is 0.207. The number of nitrogens with two attached hydrogens (primary N) is 1. The van der Waals surface area contributed by atoms with E-state index in [0.717, 1.165) is 18.6 Å². The molecule has 0 radical (unpaired) electrons. The second-order valence-electron chi connectivity index (χ2n) is 4.46. The van der Waals surface area contributed by atoms with Gasteiger partial charge in [0.25, 0.3) is 0 Å². The Kier molecular flexibility index (Phi) is 4.37. The Morgan fingerprint density at radius 1 is 1.32 bits per heavy atom. The molecule has 0 aromatic heterocycles. The highest BCUT2D eigenvalue weighted by Gasteiger charge is 2.32. The van der Waals surface area contributed by atoms with E-state index in [2.05, 4.69) is 0 Å². The van der Waals surface area contributed by atoms with E-state index in [-0.39, 0.29) is 27.5 Å². The molecule has 1 aliphatic heterocycles. The van der Waals surface area contributed by atoms with Crippen molar-refractivity contribution in [1.29, 1.82) is 0 Å². The van der Waals surface area contributed by atoms with Crippen LogP contribution in [0.25, 0.3) is 0 Å². The highest BCUT2D eigenvalue weighted by Crippen LogP contribution is 2.33. The van der Waals surface area contributed by atoms with Gasteiger partial charge in [-0.2, -0.15) is 4.31 Å². The summed E-state index contributed by atoms with van der Waals surface area (Å²) in [5, 5.41) is -0.437. The van der Waals surface area contributed by atoms with Crippen molar-refractivity contribution in [1.82, 2.24) is 4.31 Å². The third-order valence-electron chi connectivity index (χ3n) is 2.98. The summed E-state index contributed by atoms with van der Waals surface area (Å²) in [5.74, 6) is -0.677. The quantitative estimate of drug-likeness (QED) is 0.906. The summed E-state index contributed by atoms with van der Waals surface area (Å²) in [6, 6.07) is 1.66. The monoisotopic (exact) mass is 326 g/mol. The van der Waals surface area contributed by atoms with Crippen LogP contribution in [0.15, 0.2) is 17.0 Å². The van der Waals surface area contributed by atoms with Crippen molar-refractivity contribution < 1.29 is 12.8 Å². The number of hydrogen-bond donors (Lipinski definition) is 1. The van der Waals surface area contributed by atoms with Crippen molar-refractivity contribution in [2.24, 2.45) is 5.73 Å². The third-order valence-corrected chi connectivity index (χ3v) is 5.77. The van der Waals surface area contributed by atoms with Crippen molar-refractivity contribution in [3.05, 3.63) is 28.0 Å². The van der Waals surface area contributed by atoms with E-state index in [1.165, 1.54) is 4.31 Å². The van der Waals surface area contributed by atoms with Gasteiger partial charge in [0.2, 0.25) is 10.0 Å². The average molecular weight is 327 g/mol. The molecule has 1 unspecified atom stereocenters. The molecule has 0 amide bonds. The molecule has 1 aliphatic rings. The van der Waals surface area contributed by atoms with Crippen LogP contribution in [0.2, 0.25) is 10.0 Å². The predicted molar refractivity (Wildman–Crippen MR) is 72.4 cm³/mol. The lowest BCUT2D eigenvalue weighted by atomic mass is 10.1. The Balaban J connectivity index is 2.45. The number of rotatable bonds is 2. The molecular weight excluding hydrogens is 314 g/mol. The maximum Gasteiger partial charge on any atom is 0.246 e. The van der Waals surface area contributed by atoms with Gasteiger partial charge in [-0.25, -0.2) is 12.8 Å². The third kappa shape index (κ3) is 3.03. The van der Waals surface area contributed by atoms with E-state index >= 15 is 0 Å². The van der Waals surface area contributed by atoms with E-state index in [0.29, 0.717) is 13.0 Å². The summed E-state index contributed by atoms with van der Waals surface area (Å²) in [7, 11) is -3.85. The molecule has 2 rings (SSSR count). The number of piperidine rings is 1. The first-order valence-corrected chi connectivity index (χ1v) is 7.92. The summed E-state index contributed by atoms with van der Waals surface area (Å²) in [4.78, 5) is -0.258. The lowest BCUT2D eigenvalue weighted by Crippen LogP contribution is -2.45. The van der Waals surface area contributed by atoms with E-state index < -0.39 is 15.8 Å². The van der Waals surface area contributed by atoms with Crippen LogP contribution in [0.4, 0.5) is 4.39 Å². The molecule has 0 bridgehead atoms. The molecule has 0 aliphatic carbocycles. The Bertz CT molecular complexity index is 571. The standard InChI is InChI=1S/C11H13Cl2FN2O2S/c12-9-4-7(14)5-10(13)11(9)19(17,18)16-3-1-2-8(15)6-16/h4-5,8H,1-3,6,15H2. The number of hydrogen-bond acceptors (Lipinski definition) is 3. The van der Waals surface area contributed by atoms with Crippen molar-refractivity contribution in [3.8, 4) is 0 Å². The fourth-order valence-corrected chi connectivity index (χ4v) is 4.77. The molecule has 0 spiro atoms. The van der Waals surface area contributed by atoms with Gasteiger partial charge in [-0.3, -0.25) is 0 Å². The van der Waals surface area contributed by atoms with Gasteiger partial charge in [0.1, 0.15) is 10.7 Å². The molecule has 1 fully saturated rings. The average Bonchev–Trinajstić information content (AvgIpc) is 2.26. The zero-order valence-electron chi connectivity index (χ0n) is 9.94. The van der Waals surface area contributed by atoms with Crippen molar-refractivity contribution in [2.75, 3.05) is 13.1 Å². The molecule has 0 saturated carbocycles. The highest BCUT2D eigenvalue weighted by molar-refractivity contribution is 7.89. The van der Waals surface area contributed by atoms with E-state index in [9.17, 15) is 12.8 Å². The Hall–Kier alpha value is -0.400. The zero-order chi connectivity index (χ0) is 14.2. The van der Waals surface area contributed by atoms with Crippen LogP contribution in [-0.2, 0) is 10.0 Å². The molecule has 1 atom stereocenters. The van der Waals surface area contributed by atoms with Gasteiger partial charge in [-0.1, -0.05) is 23.2 Å². The van der Waals surface area contributed by atoms with Gasteiger partial charge in [-0.05, 0) is 25.0 Å². The van der Waals surface area contributed by atoms with Crippen LogP contribution < -0.4 is 5.73 Å². The summed E-state index contributed by atoms with van der Waals surface area (Å²) in [6.45, 7) is 0.576. The Morgan fingerprint density at radius 3 is 2.42 bits per heavy atom. The predicted octanol–water partition coefficient (Wildman–Crippen LogP) is 2.24. The molecule has 2 N–H and O–H groups in total. The van der Waals surface area contributed by atoms with Gasteiger partial charge in [0.15, 0.2) is 0 Å². The maximum absolute atomic E-state index is 13.1. The molecular formula is C11H13Cl2FN2O2S. The molecule has 4 nitrogen and oxygen atoms in total.